The Morgan fingerprint density at radius 2 is 2.33 bits per heavy atom. The lowest BCUT2D eigenvalue weighted by atomic mass is 9.85. The number of amides is 1. The number of hydrogen-bond donors (Lipinski definition) is 1. The molecule has 3 rings (SSSR count). The third-order valence-electron chi connectivity index (χ3n) is 4.17. The van der Waals surface area contributed by atoms with Crippen LogP contribution >= 0.6 is 0 Å². The van der Waals surface area contributed by atoms with Crippen LogP contribution in [0.5, 0.6) is 0 Å². The monoisotopic (exact) mass is 294 g/mol. The van der Waals surface area contributed by atoms with Crippen LogP contribution in [0.15, 0.2) is 4.52 Å². The Kier molecular flexibility index (Phi) is 4.50. The van der Waals surface area contributed by atoms with Crippen molar-refractivity contribution in [1.82, 2.24) is 20.4 Å². The van der Waals surface area contributed by atoms with Gasteiger partial charge in [0.1, 0.15) is 6.10 Å². The lowest BCUT2D eigenvalue weighted by molar-refractivity contribution is -0.145. The number of morpholine rings is 1. The van der Waals surface area contributed by atoms with Crippen molar-refractivity contribution < 1.29 is 14.1 Å². The smallest absolute Gasteiger partial charge is 0.253 e. The number of hydrogen-bond acceptors (Lipinski definition) is 6. The van der Waals surface area contributed by atoms with Crippen molar-refractivity contribution in [3.05, 3.63) is 11.7 Å². The minimum Gasteiger partial charge on any atom is -0.366 e. The highest BCUT2D eigenvalue weighted by atomic mass is 16.5. The van der Waals surface area contributed by atoms with E-state index >= 15 is 0 Å². The molecule has 1 unspecified atom stereocenters. The van der Waals surface area contributed by atoms with Gasteiger partial charge < -0.3 is 19.5 Å². The quantitative estimate of drug-likeness (QED) is 0.860. The first kappa shape index (κ1) is 14.5. The Morgan fingerprint density at radius 1 is 1.48 bits per heavy atom. The Labute approximate surface area is 124 Å². The van der Waals surface area contributed by atoms with E-state index in [0.29, 0.717) is 38.0 Å². The summed E-state index contributed by atoms with van der Waals surface area (Å²) in [6.45, 7) is 4.86. The van der Waals surface area contributed by atoms with Crippen molar-refractivity contribution in [2.24, 2.45) is 0 Å². The average molecular weight is 294 g/mol. The number of carbonyl (C=O) groups is 1. The first-order valence-corrected chi connectivity index (χ1v) is 7.71. The SMILES string of the molecule is CCN(Cc1noc(C2CCC2)n1)C(=O)C1CNCCO1. The van der Waals surface area contributed by atoms with Crippen molar-refractivity contribution in [2.75, 3.05) is 26.2 Å². The second-order valence-corrected chi connectivity index (χ2v) is 5.59. The molecule has 1 amide bonds. The molecule has 116 valence electrons. The summed E-state index contributed by atoms with van der Waals surface area (Å²) in [6.07, 6.45) is 3.07. The zero-order chi connectivity index (χ0) is 14.7. The van der Waals surface area contributed by atoms with Crippen LogP contribution in [0.25, 0.3) is 0 Å². The molecule has 2 fully saturated rings. The third-order valence-corrected chi connectivity index (χ3v) is 4.17. The van der Waals surface area contributed by atoms with E-state index in [-0.39, 0.29) is 5.91 Å². The Morgan fingerprint density at radius 3 is 2.95 bits per heavy atom. The Hall–Kier alpha value is -1.47. The van der Waals surface area contributed by atoms with Crippen molar-refractivity contribution >= 4 is 5.91 Å². The average Bonchev–Trinajstić information content (AvgIpc) is 2.91. The predicted octanol–water partition coefficient (Wildman–Crippen LogP) is 0.674. The van der Waals surface area contributed by atoms with Crippen LogP contribution < -0.4 is 5.32 Å². The number of likely N-dealkylation sites (N-methyl/N-ethyl adjacent to an activating group) is 1. The summed E-state index contributed by atoms with van der Waals surface area (Å²) < 4.78 is 10.8. The van der Waals surface area contributed by atoms with Gasteiger partial charge in [-0.25, -0.2) is 0 Å². The number of carbonyl (C=O) groups excluding carboxylic acids is 1. The molecule has 2 heterocycles. The molecule has 1 aliphatic heterocycles. The van der Waals surface area contributed by atoms with Gasteiger partial charge in [-0.2, -0.15) is 4.98 Å². The molecule has 21 heavy (non-hydrogen) atoms. The van der Waals surface area contributed by atoms with E-state index in [1.165, 1.54) is 6.42 Å². The third kappa shape index (κ3) is 3.24. The van der Waals surface area contributed by atoms with Gasteiger partial charge in [-0.3, -0.25) is 4.79 Å². The first-order chi connectivity index (χ1) is 10.3. The normalized spacial score (nSPS) is 22.8. The highest BCUT2D eigenvalue weighted by Crippen LogP contribution is 2.35. The van der Waals surface area contributed by atoms with Gasteiger partial charge in [-0.15, -0.1) is 0 Å². The van der Waals surface area contributed by atoms with Gasteiger partial charge in [0.25, 0.3) is 5.91 Å². The van der Waals surface area contributed by atoms with Gasteiger partial charge in [0.05, 0.1) is 13.2 Å². The molecule has 1 aromatic rings. The summed E-state index contributed by atoms with van der Waals surface area (Å²) in [5.74, 6) is 1.70. The zero-order valence-corrected chi connectivity index (χ0v) is 12.4. The van der Waals surface area contributed by atoms with Crippen LogP contribution in [0.4, 0.5) is 0 Å². The molecule has 1 N–H and O–H groups in total. The van der Waals surface area contributed by atoms with Crippen molar-refractivity contribution in [3.63, 3.8) is 0 Å². The fourth-order valence-corrected chi connectivity index (χ4v) is 2.60. The summed E-state index contributed by atoms with van der Waals surface area (Å²) in [5, 5.41) is 7.17. The largest absolute Gasteiger partial charge is 0.366 e. The maximum Gasteiger partial charge on any atom is 0.253 e. The Bertz CT molecular complexity index is 480. The van der Waals surface area contributed by atoms with E-state index in [1.54, 1.807) is 4.90 Å². The number of rotatable bonds is 5. The number of nitrogens with one attached hydrogen (secondary N) is 1. The van der Waals surface area contributed by atoms with E-state index in [9.17, 15) is 4.79 Å². The molecule has 0 spiro atoms. The van der Waals surface area contributed by atoms with Crippen LogP contribution in [-0.4, -0.2) is 53.3 Å². The van der Waals surface area contributed by atoms with Crippen molar-refractivity contribution in [2.45, 2.75) is 44.8 Å². The van der Waals surface area contributed by atoms with Gasteiger partial charge in [0, 0.05) is 25.6 Å². The van der Waals surface area contributed by atoms with Gasteiger partial charge in [0.15, 0.2) is 5.82 Å². The summed E-state index contributed by atoms with van der Waals surface area (Å²) in [6, 6.07) is 0. The lowest BCUT2D eigenvalue weighted by Gasteiger charge is -2.28. The van der Waals surface area contributed by atoms with Crippen molar-refractivity contribution in [1.29, 1.82) is 0 Å². The minimum absolute atomic E-state index is 0.0142. The predicted molar refractivity (Wildman–Crippen MR) is 74.6 cm³/mol. The van der Waals surface area contributed by atoms with E-state index in [2.05, 4.69) is 15.5 Å². The first-order valence-electron chi connectivity index (χ1n) is 7.71. The maximum atomic E-state index is 12.4. The van der Waals surface area contributed by atoms with Gasteiger partial charge in [-0.1, -0.05) is 11.6 Å². The number of nitrogens with zero attached hydrogens (tertiary/aromatic N) is 3. The number of ether oxygens (including phenoxy) is 1. The van der Waals surface area contributed by atoms with Crippen LogP contribution in [0.2, 0.25) is 0 Å². The Balaban J connectivity index is 1.60. The molecular formula is C14H22N4O3. The van der Waals surface area contributed by atoms with Crippen LogP contribution in [0, 0.1) is 0 Å². The van der Waals surface area contributed by atoms with Crippen molar-refractivity contribution in [3.8, 4) is 0 Å². The zero-order valence-electron chi connectivity index (χ0n) is 12.4. The van der Waals surface area contributed by atoms with E-state index < -0.39 is 6.10 Å². The second kappa shape index (κ2) is 6.53. The standard InChI is InChI=1S/C14H22N4O3/c1-2-18(14(19)11-8-15-6-7-20-11)9-12-16-13(21-17-12)10-4-3-5-10/h10-11,15H,2-9H2,1H3. The molecule has 0 radical (unpaired) electrons. The highest BCUT2D eigenvalue weighted by Gasteiger charge is 2.29. The second-order valence-electron chi connectivity index (χ2n) is 5.59. The van der Waals surface area contributed by atoms with Gasteiger partial charge in [0.2, 0.25) is 5.89 Å². The topological polar surface area (TPSA) is 80.5 Å². The molecule has 2 aliphatic rings. The van der Waals surface area contributed by atoms with Crippen LogP contribution in [0.1, 0.15) is 43.8 Å². The van der Waals surface area contributed by atoms with Crippen LogP contribution in [-0.2, 0) is 16.1 Å². The van der Waals surface area contributed by atoms with E-state index in [4.69, 9.17) is 9.26 Å². The molecule has 7 nitrogen and oxygen atoms in total. The molecule has 7 heteroatoms. The fraction of sp³-hybridized carbons (Fsp3) is 0.786. The minimum atomic E-state index is -0.406. The summed E-state index contributed by atoms with van der Waals surface area (Å²) in [4.78, 5) is 18.6. The highest BCUT2D eigenvalue weighted by molar-refractivity contribution is 5.81. The maximum absolute atomic E-state index is 12.4. The van der Waals surface area contributed by atoms with Gasteiger partial charge >= 0.3 is 0 Å². The molecule has 0 aromatic carbocycles. The molecule has 0 bridgehead atoms. The fourth-order valence-electron chi connectivity index (χ4n) is 2.60. The summed E-state index contributed by atoms with van der Waals surface area (Å²) in [7, 11) is 0. The van der Waals surface area contributed by atoms with Crippen LogP contribution in [0.3, 0.4) is 0 Å². The molecule has 1 saturated heterocycles. The molecule has 1 aromatic heterocycles. The van der Waals surface area contributed by atoms with E-state index in [0.717, 1.165) is 25.3 Å². The summed E-state index contributed by atoms with van der Waals surface area (Å²) >= 11 is 0. The lowest BCUT2D eigenvalue weighted by Crippen LogP contribution is -2.49. The summed E-state index contributed by atoms with van der Waals surface area (Å²) in [5.41, 5.74) is 0. The molecule has 1 atom stereocenters. The molecule has 1 aliphatic carbocycles. The van der Waals surface area contributed by atoms with Gasteiger partial charge in [-0.05, 0) is 19.8 Å². The van der Waals surface area contributed by atoms with E-state index in [1.807, 2.05) is 6.92 Å². The molecule has 1 saturated carbocycles. The number of aromatic nitrogens is 2. The molecular weight excluding hydrogens is 272 g/mol.